The maximum absolute atomic E-state index is 14.8. The lowest BCUT2D eigenvalue weighted by Gasteiger charge is -2.53. The zero-order valence-electron chi connectivity index (χ0n) is 30.4. The average molecular weight is 751 g/mol. The second kappa shape index (κ2) is 13.4. The lowest BCUT2D eigenvalue weighted by atomic mass is 9.56. The van der Waals surface area contributed by atoms with Gasteiger partial charge in [0.1, 0.15) is 29.8 Å². The summed E-state index contributed by atoms with van der Waals surface area (Å²) < 4.78 is 22.2. The molecule has 5 N–H and O–H groups in total. The number of aliphatic hydroxyl groups is 3. The van der Waals surface area contributed by atoms with Gasteiger partial charge in [0.2, 0.25) is 17.3 Å². The van der Waals surface area contributed by atoms with Crippen molar-refractivity contribution in [2.24, 2.45) is 4.99 Å². The summed E-state index contributed by atoms with van der Waals surface area (Å²) in [7, 11) is 3.63. The summed E-state index contributed by atoms with van der Waals surface area (Å²) in [5.41, 5.74) is -9.38. The molecule has 2 aromatic rings. The number of aliphatic hydroxyl groups excluding tert-OH is 2. The van der Waals surface area contributed by atoms with Crippen molar-refractivity contribution in [1.82, 2.24) is 4.90 Å². The SMILES string of the molecule is CO[C@@H]1[C@@H](O)[C@@H](OC)C(N=C2CC(=O)c3c(cc4c(c3O)C(=O)[C@]3(OC)[C@H](O)Cc5cc(C)c(C(=O)N6CCCCC6)c(O)c5[C@]3(O)C4=O)C2=O)O[C@H]1C. The van der Waals surface area contributed by atoms with Crippen LogP contribution >= 0.6 is 0 Å². The summed E-state index contributed by atoms with van der Waals surface area (Å²) in [4.78, 5) is 76.8. The third kappa shape index (κ3) is 5.01. The van der Waals surface area contributed by atoms with E-state index in [4.69, 9.17) is 18.9 Å². The van der Waals surface area contributed by atoms with E-state index in [1.165, 1.54) is 20.3 Å². The van der Waals surface area contributed by atoms with Crippen molar-refractivity contribution in [3.63, 3.8) is 0 Å². The summed E-state index contributed by atoms with van der Waals surface area (Å²) >= 11 is 0. The monoisotopic (exact) mass is 750 g/mol. The number of phenolic OH excluding ortho intramolecular Hbond substituents is 2. The van der Waals surface area contributed by atoms with Gasteiger partial charge in [0.25, 0.3) is 5.91 Å². The van der Waals surface area contributed by atoms with Gasteiger partial charge in [-0.3, -0.25) is 29.0 Å². The number of benzene rings is 2. The molecule has 2 aromatic carbocycles. The topological polar surface area (TPSA) is 239 Å². The Bertz CT molecular complexity index is 2040. The third-order valence-corrected chi connectivity index (χ3v) is 11.7. The van der Waals surface area contributed by atoms with Gasteiger partial charge in [0.05, 0.1) is 41.0 Å². The first-order chi connectivity index (χ1) is 25.6. The van der Waals surface area contributed by atoms with Crippen LogP contribution in [0.3, 0.4) is 0 Å². The average Bonchev–Trinajstić information content (AvgIpc) is 3.13. The van der Waals surface area contributed by atoms with Crippen molar-refractivity contribution < 1.29 is 68.5 Å². The summed E-state index contributed by atoms with van der Waals surface area (Å²) in [5, 5.41) is 58.6. The molecule has 5 aliphatic rings. The van der Waals surface area contributed by atoms with Crippen molar-refractivity contribution in [3.05, 3.63) is 56.6 Å². The molecule has 54 heavy (non-hydrogen) atoms. The zero-order valence-corrected chi connectivity index (χ0v) is 30.4. The second-order valence-electron chi connectivity index (χ2n) is 14.5. The maximum Gasteiger partial charge on any atom is 0.257 e. The van der Waals surface area contributed by atoms with Gasteiger partial charge in [-0.1, -0.05) is 6.07 Å². The minimum Gasteiger partial charge on any atom is -0.507 e. The molecule has 1 amide bonds. The molecular formula is C38H42N2O14. The number of hydrogen-bond donors (Lipinski definition) is 5. The lowest BCUT2D eigenvalue weighted by molar-refractivity contribution is -0.228. The number of piperidine rings is 1. The number of fused-ring (bicyclic) bond motifs is 5. The summed E-state index contributed by atoms with van der Waals surface area (Å²) in [6, 6.07) is 2.33. The van der Waals surface area contributed by atoms with E-state index in [-0.39, 0.29) is 16.8 Å². The Morgan fingerprint density at radius 2 is 1.59 bits per heavy atom. The predicted molar refractivity (Wildman–Crippen MR) is 185 cm³/mol. The number of rotatable bonds is 5. The number of nitrogens with zero attached hydrogens (tertiary/aromatic N) is 2. The number of carbonyl (C=O) groups excluding carboxylic acids is 5. The first-order valence-corrected chi connectivity index (χ1v) is 17.7. The van der Waals surface area contributed by atoms with Crippen LogP contribution in [0.4, 0.5) is 0 Å². The van der Waals surface area contributed by atoms with Crippen molar-refractivity contribution in [3.8, 4) is 11.5 Å². The molecular weight excluding hydrogens is 708 g/mol. The van der Waals surface area contributed by atoms with Gasteiger partial charge in [-0.05, 0) is 50.3 Å². The fraction of sp³-hybridized carbons (Fsp3) is 0.526. The van der Waals surface area contributed by atoms with Crippen LogP contribution in [0.15, 0.2) is 17.1 Å². The zero-order chi connectivity index (χ0) is 39.2. The number of aromatic hydroxyl groups is 2. The van der Waals surface area contributed by atoms with Crippen LogP contribution in [-0.2, 0) is 31.0 Å². The number of aryl methyl sites for hydroxylation is 1. The van der Waals surface area contributed by atoms with Gasteiger partial charge in [0.15, 0.2) is 23.2 Å². The van der Waals surface area contributed by atoms with Crippen molar-refractivity contribution in [1.29, 1.82) is 0 Å². The van der Waals surface area contributed by atoms with Crippen molar-refractivity contribution in [2.45, 2.75) is 93.9 Å². The molecule has 2 aliphatic heterocycles. The number of amides is 1. The molecule has 7 rings (SSSR count). The summed E-state index contributed by atoms with van der Waals surface area (Å²) in [6.07, 6.45) is -5.74. The molecule has 1 unspecified atom stereocenters. The molecule has 8 atom stereocenters. The highest BCUT2D eigenvalue weighted by Crippen LogP contribution is 2.56. The first kappa shape index (κ1) is 37.9. The van der Waals surface area contributed by atoms with E-state index in [0.717, 1.165) is 32.4 Å². The normalized spacial score (nSPS) is 33.0. The largest absolute Gasteiger partial charge is 0.507 e. The van der Waals surface area contributed by atoms with Crippen LogP contribution in [0.25, 0.3) is 0 Å². The third-order valence-electron chi connectivity index (χ3n) is 11.7. The number of Topliss-reactive ketones (excluding diaryl/α,β-unsaturated/α-hetero) is 4. The molecule has 2 heterocycles. The number of carbonyl (C=O) groups is 5. The Morgan fingerprint density at radius 1 is 0.926 bits per heavy atom. The Morgan fingerprint density at radius 3 is 2.22 bits per heavy atom. The van der Waals surface area contributed by atoms with Gasteiger partial charge in [-0.25, -0.2) is 0 Å². The molecule has 0 aromatic heterocycles. The fourth-order valence-electron chi connectivity index (χ4n) is 9.07. The van der Waals surface area contributed by atoms with E-state index in [1.807, 2.05) is 0 Å². The molecule has 2 fully saturated rings. The maximum atomic E-state index is 14.8. The minimum absolute atomic E-state index is 0.0580. The number of ketones is 4. The lowest BCUT2D eigenvalue weighted by Crippen LogP contribution is -2.73. The van der Waals surface area contributed by atoms with E-state index in [0.29, 0.717) is 18.7 Å². The molecule has 0 radical (unpaired) electrons. The Kier molecular flexibility index (Phi) is 9.40. The summed E-state index contributed by atoms with van der Waals surface area (Å²) in [6.45, 7) is 4.01. The molecule has 0 spiro atoms. The highest BCUT2D eigenvalue weighted by molar-refractivity contribution is 6.53. The van der Waals surface area contributed by atoms with Crippen LogP contribution in [-0.4, -0.2) is 142 Å². The quantitative estimate of drug-likeness (QED) is 0.286. The van der Waals surface area contributed by atoms with Crippen molar-refractivity contribution >= 4 is 34.8 Å². The standard InChI is InChI=1S/C38H42N2O14/c1-15-11-17-12-22(42)38(53-5)34(48)25-19(33(47)37(38,50)26(17)29(45)23(15)36(49)40-9-7-6-8-10-40)13-18-24(28(25)44)21(41)14-20(27(18)43)39-35-32(52-4)30(46)31(51-3)16(2)54-35/h11,13,16,22,30-32,35,42,44-46,50H,6-10,12,14H2,1-5H3/t16-,22+,30+,31-,32+,35?,37-,38+/m0/s1. The number of aliphatic imine (C=N–C) groups is 1. The highest BCUT2D eigenvalue weighted by Gasteiger charge is 2.72. The van der Waals surface area contributed by atoms with Gasteiger partial charge >= 0.3 is 0 Å². The molecule has 3 aliphatic carbocycles. The van der Waals surface area contributed by atoms with E-state index >= 15 is 0 Å². The van der Waals surface area contributed by atoms with Crippen LogP contribution in [0.5, 0.6) is 11.5 Å². The first-order valence-electron chi connectivity index (χ1n) is 17.7. The highest BCUT2D eigenvalue weighted by atomic mass is 16.6. The molecule has 16 heteroatoms. The molecule has 0 bridgehead atoms. The number of ether oxygens (including phenoxy) is 4. The molecule has 288 valence electrons. The molecule has 2 saturated heterocycles. The predicted octanol–water partition coefficient (Wildman–Crippen LogP) is 0.947. The van der Waals surface area contributed by atoms with Crippen LogP contribution < -0.4 is 0 Å². The van der Waals surface area contributed by atoms with E-state index in [9.17, 15) is 49.5 Å². The van der Waals surface area contributed by atoms with Crippen molar-refractivity contribution in [2.75, 3.05) is 34.4 Å². The van der Waals surface area contributed by atoms with Gasteiger partial charge < -0.3 is 49.4 Å². The smallest absolute Gasteiger partial charge is 0.257 e. The number of hydrogen-bond acceptors (Lipinski definition) is 15. The fourth-order valence-corrected chi connectivity index (χ4v) is 9.07. The Balaban J connectivity index is 1.39. The number of phenols is 2. The number of likely N-dealkylation sites (tertiary alicyclic amines) is 1. The minimum atomic E-state index is -3.20. The Labute approximate surface area is 309 Å². The van der Waals surface area contributed by atoms with Gasteiger partial charge in [-0.15, -0.1) is 0 Å². The van der Waals surface area contributed by atoms with E-state index < -0.39 is 129 Å². The van der Waals surface area contributed by atoms with Gasteiger partial charge in [0, 0.05) is 57.5 Å². The van der Waals surface area contributed by atoms with Crippen LogP contribution in [0, 0.1) is 6.92 Å². The van der Waals surface area contributed by atoms with Crippen LogP contribution in [0.1, 0.15) is 101 Å². The molecule has 16 nitrogen and oxygen atoms in total. The Hall–Kier alpha value is -4.42. The number of methoxy groups -OCH3 is 3. The second-order valence-corrected chi connectivity index (χ2v) is 14.5. The van der Waals surface area contributed by atoms with E-state index in [1.54, 1.807) is 18.7 Å². The van der Waals surface area contributed by atoms with E-state index in [2.05, 4.69) is 4.99 Å². The molecule has 0 saturated carbocycles. The van der Waals surface area contributed by atoms with Crippen LogP contribution in [0.2, 0.25) is 0 Å². The summed E-state index contributed by atoms with van der Waals surface area (Å²) in [5.74, 6) is -6.80. The van der Waals surface area contributed by atoms with Gasteiger partial charge in [-0.2, -0.15) is 0 Å².